The minimum Gasteiger partial charge on any atom is -0.323 e. The van der Waals surface area contributed by atoms with Gasteiger partial charge in [-0.3, -0.25) is 4.79 Å². The second-order valence-corrected chi connectivity index (χ2v) is 6.61. The van der Waals surface area contributed by atoms with Gasteiger partial charge in [-0.1, -0.05) is 35.2 Å². The number of rotatable bonds is 5. The van der Waals surface area contributed by atoms with Crippen molar-refractivity contribution in [3.05, 3.63) is 66.5 Å². The second-order valence-electron chi connectivity index (χ2n) is 5.65. The summed E-state index contributed by atoms with van der Waals surface area (Å²) >= 11 is 1.12. The minimum atomic E-state index is -0.839. The lowest BCUT2D eigenvalue weighted by Crippen LogP contribution is -2.15. The SMILES string of the molecule is O=C(CSc1ncnc2c1nnn2-c1ccccc1)Nc1ccc(F)cc1F. The van der Waals surface area contributed by atoms with Crippen LogP contribution in [0.3, 0.4) is 0 Å². The highest BCUT2D eigenvalue weighted by molar-refractivity contribution is 8.00. The largest absolute Gasteiger partial charge is 0.323 e. The summed E-state index contributed by atoms with van der Waals surface area (Å²) in [6.07, 6.45) is 1.37. The van der Waals surface area contributed by atoms with Crippen LogP contribution in [0.1, 0.15) is 0 Å². The van der Waals surface area contributed by atoms with E-state index in [1.165, 1.54) is 12.4 Å². The standard InChI is InChI=1S/C18H12F2N6OS/c19-11-6-7-14(13(20)8-11)23-15(27)9-28-18-16-17(21-10-22-18)26(25-24-16)12-4-2-1-3-5-12/h1-8,10H,9H2,(H,23,27). The van der Waals surface area contributed by atoms with Gasteiger partial charge in [-0.15, -0.1) is 5.10 Å². The van der Waals surface area contributed by atoms with Crippen LogP contribution in [0.2, 0.25) is 0 Å². The van der Waals surface area contributed by atoms with Crippen LogP contribution in [0.25, 0.3) is 16.9 Å². The molecule has 0 saturated heterocycles. The van der Waals surface area contributed by atoms with Gasteiger partial charge in [0.05, 0.1) is 17.1 Å². The fraction of sp³-hybridized carbons (Fsp3) is 0.0556. The molecule has 1 N–H and O–H groups in total. The Morgan fingerprint density at radius 1 is 1.11 bits per heavy atom. The molecule has 28 heavy (non-hydrogen) atoms. The zero-order chi connectivity index (χ0) is 19.5. The molecule has 0 unspecified atom stereocenters. The molecule has 0 saturated carbocycles. The fourth-order valence-corrected chi connectivity index (χ4v) is 3.22. The number of anilines is 1. The molecule has 4 aromatic rings. The molecule has 2 aromatic heterocycles. The van der Waals surface area contributed by atoms with E-state index in [4.69, 9.17) is 0 Å². The number of nitrogens with zero attached hydrogens (tertiary/aromatic N) is 5. The van der Waals surface area contributed by atoms with Crippen LogP contribution in [0.15, 0.2) is 59.9 Å². The smallest absolute Gasteiger partial charge is 0.234 e. The van der Waals surface area contributed by atoms with Crippen molar-refractivity contribution in [1.29, 1.82) is 0 Å². The number of nitrogens with one attached hydrogen (secondary N) is 1. The van der Waals surface area contributed by atoms with Crippen molar-refractivity contribution >= 4 is 34.5 Å². The zero-order valence-corrected chi connectivity index (χ0v) is 15.0. The maximum atomic E-state index is 13.6. The van der Waals surface area contributed by atoms with Crippen molar-refractivity contribution in [2.45, 2.75) is 5.03 Å². The first-order chi connectivity index (χ1) is 13.6. The summed E-state index contributed by atoms with van der Waals surface area (Å²) < 4.78 is 28.2. The molecule has 0 atom stereocenters. The van der Waals surface area contributed by atoms with Gasteiger partial charge >= 0.3 is 0 Å². The number of carbonyl (C=O) groups is 1. The van der Waals surface area contributed by atoms with Crippen molar-refractivity contribution in [2.24, 2.45) is 0 Å². The van der Waals surface area contributed by atoms with Crippen molar-refractivity contribution in [3.8, 4) is 5.69 Å². The van der Waals surface area contributed by atoms with Crippen LogP contribution in [-0.2, 0) is 4.79 Å². The third-order valence-electron chi connectivity index (χ3n) is 3.75. The van der Waals surface area contributed by atoms with Crippen LogP contribution < -0.4 is 5.32 Å². The van der Waals surface area contributed by atoms with Gasteiger partial charge in [0.25, 0.3) is 0 Å². The van der Waals surface area contributed by atoms with E-state index in [2.05, 4.69) is 25.6 Å². The summed E-state index contributed by atoms with van der Waals surface area (Å²) in [4.78, 5) is 20.5. The number of para-hydroxylation sites is 1. The Kier molecular flexibility index (Phi) is 4.94. The zero-order valence-electron chi connectivity index (χ0n) is 14.2. The average Bonchev–Trinajstić information content (AvgIpc) is 3.14. The quantitative estimate of drug-likeness (QED) is 0.410. The third kappa shape index (κ3) is 3.67. The number of hydrogen-bond donors (Lipinski definition) is 1. The van der Waals surface area contributed by atoms with E-state index in [9.17, 15) is 13.6 Å². The number of aromatic nitrogens is 5. The van der Waals surface area contributed by atoms with E-state index >= 15 is 0 Å². The molecule has 0 radical (unpaired) electrons. The molecule has 1 amide bonds. The lowest BCUT2D eigenvalue weighted by atomic mass is 10.3. The van der Waals surface area contributed by atoms with E-state index in [1.807, 2.05) is 30.3 Å². The molecule has 0 spiro atoms. The number of fused-ring (bicyclic) bond motifs is 1. The molecule has 0 aliphatic heterocycles. The molecule has 0 aliphatic carbocycles. The lowest BCUT2D eigenvalue weighted by Gasteiger charge is -2.06. The molecule has 4 rings (SSSR count). The summed E-state index contributed by atoms with van der Waals surface area (Å²) in [5.41, 5.74) is 1.67. The van der Waals surface area contributed by atoms with E-state index in [0.717, 1.165) is 23.5 Å². The summed E-state index contributed by atoms with van der Waals surface area (Å²) in [7, 11) is 0. The number of carbonyl (C=O) groups excluding carboxylic acids is 1. The van der Waals surface area contributed by atoms with Gasteiger partial charge in [-0.2, -0.15) is 4.68 Å². The molecule has 2 aromatic carbocycles. The average molecular weight is 398 g/mol. The Hall–Kier alpha value is -3.40. The van der Waals surface area contributed by atoms with E-state index < -0.39 is 17.5 Å². The normalized spacial score (nSPS) is 10.9. The number of amides is 1. The van der Waals surface area contributed by atoms with E-state index in [-0.39, 0.29) is 11.4 Å². The lowest BCUT2D eigenvalue weighted by molar-refractivity contribution is -0.113. The van der Waals surface area contributed by atoms with Gasteiger partial charge in [0.15, 0.2) is 11.2 Å². The Bertz CT molecular complexity index is 1150. The molecular formula is C18H12F2N6OS. The van der Waals surface area contributed by atoms with Crippen molar-refractivity contribution < 1.29 is 13.6 Å². The first-order valence-electron chi connectivity index (χ1n) is 8.11. The van der Waals surface area contributed by atoms with Gasteiger partial charge in [0.2, 0.25) is 5.91 Å². The monoisotopic (exact) mass is 398 g/mol. The predicted molar refractivity (Wildman–Crippen MR) is 100 cm³/mol. The molecule has 0 aliphatic rings. The van der Waals surface area contributed by atoms with Crippen molar-refractivity contribution in [1.82, 2.24) is 25.0 Å². The Morgan fingerprint density at radius 2 is 1.93 bits per heavy atom. The Labute approximate surface area is 161 Å². The first-order valence-corrected chi connectivity index (χ1v) is 9.10. The highest BCUT2D eigenvalue weighted by Crippen LogP contribution is 2.24. The topological polar surface area (TPSA) is 85.6 Å². The highest BCUT2D eigenvalue weighted by atomic mass is 32.2. The summed E-state index contributed by atoms with van der Waals surface area (Å²) in [5, 5.41) is 11.1. The maximum absolute atomic E-state index is 13.6. The number of benzene rings is 2. The molecule has 10 heteroatoms. The predicted octanol–water partition coefficient (Wildman–Crippen LogP) is 3.22. The molecule has 0 fully saturated rings. The summed E-state index contributed by atoms with van der Waals surface area (Å²) in [5.74, 6) is -2.05. The van der Waals surface area contributed by atoms with Gasteiger partial charge in [-0.05, 0) is 24.3 Å². The molecule has 2 heterocycles. The van der Waals surface area contributed by atoms with Crippen LogP contribution in [0.4, 0.5) is 14.5 Å². The van der Waals surface area contributed by atoms with Crippen LogP contribution >= 0.6 is 11.8 Å². The summed E-state index contributed by atoms with van der Waals surface area (Å²) in [6.45, 7) is 0. The molecular weight excluding hydrogens is 386 g/mol. The third-order valence-corrected chi connectivity index (χ3v) is 4.73. The van der Waals surface area contributed by atoms with Gasteiger partial charge in [-0.25, -0.2) is 18.7 Å². The molecule has 0 bridgehead atoms. The second kappa shape index (κ2) is 7.69. The van der Waals surface area contributed by atoms with E-state index in [1.54, 1.807) is 4.68 Å². The first kappa shape index (κ1) is 18.0. The number of thioether (sulfide) groups is 1. The molecule has 140 valence electrons. The van der Waals surface area contributed by atoms with Crippen molar-refractivity contribution in [3.63, 3.8) is 0 Å². The Morgan fingerprint density at radius 3 is 2.71 bits per heavy atom. The van der Waals surface area contributed by atoms with Crippen LogP contribution in [0, 0.1) is 11.6 Å². The van der Waals surface area contributed by atoms with Crippen molar-refractivity contribution in [2.75, 3.05) is 11.1 Å². The van der Waals surface area contributed by atoms with Gasteiger partial charge < -0.3 is 5.32 Å². The highest BCUT2D eigenvalue weighted by Gasteiger charge is 2.15. The van der Waals surface area contributed by atoms with Crippen LogP contribution in [0.5, 0.6) is 0 Å². The summed E-state index contributed by atoms with van der Waals surface area (Å²) in [6, 6.07) is 12.3. The molecule has 7 nitrogen and oxygen atoms in total. The van der Waals surface area contributed by atoms with Crippen LogP contribution in [-0.4, -0.2) is 36.6 Å². The van der Waals surface area contributed by atoms with Gasteiger partial charge in [0, 0.05) is 6.07 Å². The number of halogens is 2. The Balaban J connectivity index is 1.51. The van der Waals surface area contributed by atoms with E-state index in [0.29, 0.717) is 22.3 Å². The maximum Gasteiger partial charge on any atom is 0.234 e. The fourth-order valence-electron chi connectivity index (χ4n) is 2.49. The minimum absolute atomic E-state index is 0.0405. The number of hydrogen-bond acceptors (Lipinski definition) is 6. The van der Waals surface area contributed by atoms with Gasteiger partial charge in [0.1, 0.15) is 23.0 Å².